The number of hydrogen-bond acceptors (Lipinski definition) is 2. The smallest absolute Gasteiger partial charge is 0.134 e. The molecule has 0 fully saturated rings. The van der Waals surface area contributed by atoms with E-state index >= 15 is 0 Å². The Kier molecular flexibility index (Phi) is 3.01. The summed E-state index contributed by atoms with van der Waals surface area (Å²) < 4.78 is 5.90. The van der Waals surface area contributed by atoms with Crippen LogP contribution in [0.2, 0.25) is 0 Å². The van der Waals surface area contributed by atoms with Gasteiger partial charge in [0.1, 0.15) is 11.3 Å². The van der Waals surface area contributed by atoms with Crippen LogP contribution in [0.5, 0.6) is 0 Å². The molecule has 0 aliphatic heterocycles. The van der Waals surface area contributed by atoms with Gasteiger partial charge in [0.05, 0.1) is 0 Å². The van der Waals surface area contributed by atoms with E-state index in [4.69, 9.17) is 4.42 Å². The molecule has 86 valence electrons. The number of nitrogens with one attached hydrogen (secondary N) is 1. The van der Waals surface area contributed by atoms with Gasteiger partial charge >= 0.3 is 0 Å². The molecule has 2 rings (SSSR count). The number of furan rings is 1. The average molecular weight is 217 g/mol. The van der Waals surface area contributed by atoms with Gasteiger partial charge in [-0.15, -0.1) is 0 Å². The Bertz CT molecular complexity index is 437. The molecule has 0 radical (unpaired) electrons. The molecule has 1 heterocycles. The van der Waals surface area contributed by atoms with Crippen LogP contribution in [-0.2, 0) is 5.41 Å². The van der Waals surface area contributed by atoms with Gasteiger partial charge < -0.3 is 9.73 Å². The van der Waals surface area contributed by atoms with Crippen molar-refractivity contribution >= 4 is 11.0 Å². The fourth-order valence-electron chi connectivity index (χ4n) is 1.88. The van der Waals surface area contributed by atoms with Crippen molar-refractivity contribution in [2.45, 2.75) is 25.7 Å². The summed E-state index contributed by atoms with van der Waals surface area (Å²) in [6, 6.07) is 10.3. The van der Waals surface area contributed by atoms with Crippen LogP contribution < -0.4 is 5.32 Å². The van der Waals surface area contributed by atoms with E-state index in [2.05, 4.69) is 31.3 Å². The van der Waals surface area contributed by atoms with Crippen LogP contribution in [0.3, 0.4) is 0 Å². The second-order valence-electron chi connectivity index (χ2n) is 4.89. The molecule has 0 amide bonds. The maximum absolute atomic E-state index is 5.90. The van der Waals surface area contributed by atoms with Gasteiger partial charge in [-0.25, -0.2) is 0 Å². The Morgan fingerprint density at radius 1 is 1.25 bits per heavy atom. The highest BCUT2D eigenvalue weighted by Gasteiger charge is 2.24. The fourth-order valence-corrected chi connectivity index (χ4v) is 1.88. The van der Waals surface area contributed by atoms with E-state index in [1.807, 2.05) is 25.2 Å². The topological polar surface area (TPSA) is 25.2 Å². The summed E-state index contributed by atoms with van der Waals surface area (Å²) in [6.07, 6.45) is 1.07. The molecule has 16 heavy (non-hydrogen) atoms. The maximum Gasteiger partial charge on any atom is 0.134 e. The van der Waals surface area contributed by atoms with Crippen LogP contribution in [0.1, 0.15) is 26.0 Å². The molecule has 0 unspecified atom stereocenters. The van der Waals surface area contributed by atoms with Gasteiger partial charge in [-0.1, -0.05) is 32.0 Å². The van der Waals surface area contributed by atoms with E-state index in [1.165, 1.54) is 5.39 Å². The number of benzene rings is 1. The van der Waals surface area contributed by atoms with Gasteiger partial charge in [0.2, 0.25) is 0 Å². The lowest BCUT2D eigenvalue weighted by Crippen LogP contribution is -2.22. The van der Waals surface area contributed by atoms with E-state index in [9.17, 15) is 0 Å². The monoisotopic (exact) mass is 217 g/mol. The highest BCUT2D eigenvalue weighted by molar-refractivity contribution is 5.77. The first kappa shape index (κ1) is 11.2. The van der Waals surface area contributed by atoms with Crippen LogP contribution in [0.15, 0.2) is 34.7 Å². The van der Waals surface area contributed by atoms with Crippen LogP contribution in [0.25, 0.3) is 11.0 Å². The third-order valence-electron chi connectivity index (χ3n) is 3.09. The molecule has 0 saturated heterocycles. The zero-order valence-electron chi connectivity index (χ0n) is 10.2. The largest absolute Gasteiger partial charge is 0.461 e. The predicted molar refractivity (Wildman–Crippen MR) is 67.8 cm³/mol. The summed E-state index contributed by atoms with van der Waals surface area (Å²) in [7, 11) is 1.98. The van der Waals surface area contributed by atoms with Gasteiger partial charge in [0.15, 0.2) is 0 Å². The van der Waals surface area contributed by atoms with E-state index in [1.54, 1.807) is 0 Å². The predicted octanol–water partition coefficient (Wildman–Crippen LogP) is 3.32. The highest BCUT2D eigenvalue weighted by atomic mass is 16.3. The molecule has 0 atom stereocenters. The molecule has 1 aromatic carbocycles. The van der Waals surface area contributed by atoms with Crippen LogP contribution in [-0.4, -0.2) is 13.6 Å². The van der Waals surface area contributed by atoms with Crippen molar-refractivity contribution in [2.75, 3.05) is 13.6 Å². The number of fused-ring (bicyclic) bond motifs is 1. The van der Waals surface area contributed by atoms with Crippen LogP contribution in [0.4, 0.5) is 0 Å². The lowest BCUT2D eigenvalue weighted by molar-refractivity contribution is 0.375. The summed E-state index contributed by atoms with van der Waals surface area (Å²) >= 11 is 0. The van der Waals surface area contributed by atoms with Crippen molar-refractivity contribution in [3.63, 3.8) is 0 Å². The minimum Gasteiger partial charge on any atom is -0.461 e. The van der Waals surface area contributed by atoms with Gasteiger partial charge in [-0.2, -0.15) is 0 Å². The van der Waals surface area contributed by atoms with Crippen molar-refractivity contribution in [1.82, 2.24) is 5.32 Å². The number of hydrogen-bond donors (Lipinski definition) is 1. The SMILES string of the molecule is CNCCC(C)(C)c1cc2ccccc2o1. The molecular formula is C14H19NO. The summed E-state index contributed by atoms with van der Waals surface area (Å²) in [4.78, 5) is 0. The Morgan fingerprint density at radius 3 is 2.69 bits per heavy atom. The van der Waals surface area contributed by atoms with E-state index in [-0.39, 0.29) is 5.41 Å². The molecule has 2 heteroatoms. The quantitative estimate of drug-likeness (QED) is 0.850. The van der Waals surface area contributed by atoms with Crippen LogP contribution in [0, 0.1) is 0 Å². The van der Waals surface area contributed by atoms with E-state index in [0.717, 1.165) is 24.3 Å². The minimum absolute atomic E-state index is 0.0853. The minimum atomic E-state index is 0.0853. The van der Waals surface area contributed by atoms with Crippen molar-refractivity contribution in [3.05, 3.63) is 36.1 Å². The van der Waals surface area contributed by atoms with E-state index in [0.29, 0.717) is 0 Å². The lowest BCUT2D eigenvalue weighted by Gasteiger charge is -2.21. The summed E-state index contributed by atoms with van der Waals surface area (Å²) in [5.41, 5.74) is 1.07. The fraction of sp³-hybridized carbons (Fsp3) is 0.429. The molecule has 0 bridgehead atoms. The van der Waals surface area contributed by atoms with Gasteiger partial charge in [0.25, 0.3) is 0 Å². The second kappa shape index (κ2) is 4.30. The molecule has 0 aliphatic carbocycles. The average Bonchev–Trinajstić information content (AvgIpc) is 2.71. The zero-order chi connectivity index (χ0) is 11.6. The molecule has 2 aromatic rings. The van der Waals surface area contributed by atoms with Gasteiger partial charge in [-0.05, 0) is 32.1 Å². The Hall–Kier alpha value is -1.28. The molecule has 2 nitrogen and oxygen atoms in total. The standard InChI is InChI=1S/C14H19NO/c1-14(2,8-9-15-3)13-10-11-6-4-5-7-12(11)16-13/h4-7,10,15H,8-9H2,1-3H3. The molecule has 1 aromatic heterocycles. The molecule has 0 saturated carbocycles. The Balaban J connectivity index is 2.31. The first-order chi connectivity index (χ1) is 7.63. The van der Waals surface area contributed by atoms with Crippen molar-refractivity contribution < 1.29 is 4.42 Å². The second-order valence-corrected chi connectivity index (χ2v) is 4.89. The maximum atomic E-state index is 5.90. The summed E-state index contributed by atoms with van der Waals surface area (Å²) in [5, 5.41) is 4.38. The van der Waals surface area contributed by atoms with Gasteiger partial charge in [-0.3, -0.25) is 0 Å². The molecular weight excluding hydrogens is 198 g/mol. The Morgan fingerprint density at radius 2 is 2.00 bits per heavy atom. The molecule has 0 spiro atoms. The third-order valence-corrected chi connectivity index (χ3v) is 3.09. The molecule has 1 N–H and O–H groups in total. The Labute approximate surface area is 96.6 Å². The lowest BCUT2D eigenvalue weighted by atomic mass is 9.86. The van der Waals surface area contributed by atoms with Crippen molar-refractivity contribution in [3.8, 4) is 0 Å². The normalized spacial score (nSPS) is 12.2. The van der Waals surface area contributed by atoms with E-state index < -0.39 is 0 Å². The highest BCUT2D eigenvalue weighted by Crippen LogP contribution is 2.31. The summed E-state index contributed by atoms with van der Waals surface area (Å²) in [6.45, 7) is 5.45. The molecule has 0 aliphatic rings. The third kappa shape index (κ3) is 2.12. The first-order valence-electron chi connectivity index (χ1n) is 5.77. The zero-order valence-corrected chi connectivity index (χ0v) is 10.2. The number of rotatable bonds is 4. The first-order valence-corrected chi connectivity index (χ1v) is 5.77. The van der Waals surface area contributed by atoms with Gasteiger partial charge in [0, 0.05) is 10.8 Å². The summed E-state index contributed by atoms with van der Waals surface area (Å²) in [5.74, 6) is 1.07. The van der Waals surface area contributed by atoms with Crippen LogP contribution >= 0.6 is 0 Å². The van der Waals surface area contributed by atoms with Crippen molar-refractivity contribution in [2.24, 2.45) is 0 Å². The number of para-hydroxylation sites is 1. The van der Waals surface area contributed by atoms with Crippen molar-refractivity contribution in [1.29, 1.82) is 0 Å².